The van der Waals surface area contributed by atoms with Crippen LogP contribution in [-0.4, -0.2) is 0 Å². The van der Waals surface area contributed by atoms with Crippen LogP contribution >= 0.6 is 0 Å². The summed E-state index contributed by atoms with van der Waals surface area (Å²) in [7, 11) is 0. The van der Waals surface area contributed by atoms with Crippen molar-refractivity contribution in [1.29, 1.82) is 0 Å². The molecule has 6 aromatic rings. The lowest BCUT2D eigenvalue weighted by Gasteiger charge is -2.41. The molecule has 0 N–H and O–H groups in total. The molecule has 0 heterocycles. The second kappa shape index (κ2) is 33.6. The van der Waals surface area contributed by atoms with Gasteiger partial charge in [0.15, 0.2) is 0 Å². The van der Waals surface area contributed by atoms with Gasteiger partial charge in [-0.05, 0) is 241 Å². The van der Waals surface area contributed by atoms with Crippen molar-refractivity contribution in [3.05, 3.63) is 140 Å². The van der Waals surface area contributed by atoms with E-state index in [0.717, 1.165) is 25.7 Å². The predicted molar refractivity (Wildman–Crippen MR) is 456 cm³/mol. The number of hydrogen-bond donors (Lipinski definition) is 0. The van der Waals surface area contributed by atoms with E-state index in [-0.39, 0.29) is 43.3 Å². The zero-order chi connectivity index (χ0) is 74.4. The molecule has 3 aliphatic carbocycles. The zero-order valence-electron chi connectivity index (χ0n) is 71.0. The van der Waals surface area contributed by atoms with Gasteiger partial charge in [0, 0.05) is 0 Å². The van der Waals surface area contributed by atoms with Crippen LogP contribution in [-0.2, 0) is 56.2 Å². The van der Waals surface area contributed by atoms with Crippen LogP contribution < -0.4 is 0 Å². The van der Waals surface area contributed by atoms with Gasteiger partial charge >= 0.3 is 0 Å². The summed E-state index contributed by atoms with van der Waals surface area (Å²) in [6.07, 6.45) is 41.3. The van der Waals surface area contributed by atoms with Crippen molar-refractivity contribution in [3.8, 4) is 66.8 Å². The standard InChI is InChI=1S/C102H152/c1-25-33-43-53-95(9,10)75-63-71-61-73-65-77(97(13,14)55-45-35-27-3)69-83(101(21,22)59-49-39-31-7)87(73)93-91(85(71)81(67-75)99(17,18)57-47-37-29-5)89-79-51-41-42-52-80(79)90(89)92-86-72(64-76(96(11,12)54-44-34-26-2)68-82(86)100(19,20)58-48-38-30-6)62-74-66-78(98(15,16)56-46-36-28-4)70-84(88(74)94(92)93)102(23,24)60-50-40-32-8/h41-42,51-52,63-70H,25-40,43-50,53-62H2,1-24H3. The molecule has 0 aliphatic heterocycles. The van der Waals surface area contributed by atoms with Crippen molar-refractivity contribution >= 4 is 0 Å². The maximum absolute atomic E-state index is 2.88. The molecule has 0 heteroatoms. The van der Waals surface area contributed by atoms with Crippen LogP contribution in [0.5, 0.6) is 0 Å². The van der Waals surface area contributed by atoms with Crippen LogP contribution in [0.2, 0.25) is 0 Å². The fourth-order valence-electron chi connectivity index (χ4n) is 19.5. The van der Waals surface area contributed by atoms with Gasteiger partial charge in [0.05, 0.1) is 0 Å². The maximum Gasteiger partial charge on any atom is -0.000719 e. The van der Waals surface area contributed by atoms with Crippen LogP contribution in [0, 0.1) is 0 Å². The predicted octanol–water partition coefficient (Wildman–Crippen LogP) is 32.7. The molecule has 0 atom stereocenters. The van der Waals surface area contributed by atoms with E-state index in [1.165, 1.54) is 204 Å². The monoisotopic (exact) mass is 1380 g/mol. The summed E-state index contributed by atoms with van der Waals surface area (Å²) in [5.74, 6) is 0. The summed E-state index contributed by atoms with van der Waals surface area (Å²) in [6, 6.07) is 32.9. The van der Waals surface area contributed by atoms with Crippen LogP contribution in [0.4, 0.5) is 0 Å². The maximum atomic E-state index is 2.88. The molecule has 6 aromatic carbocycles. The minimum atomic E-state index is -0.129. The molecule has 102 heavy (non-hydrogen) atoms. The molecule has 0 saturated carbocycles. The van der Waals surface area contributed by atoms with Crippen LogP contribution in [0.25, 0.3) is 66.8 Å². The summed E-state index contributed by atoms with van der Waals surface area (Å²) in [4.78, 5) is 0. The molecular formula is C102H152. The van der Waals surface area contributed by atoms with Gasteiger partial charge in [-0.15, -0.1) is 0 Å². The first-order chi connectivity index (χ1) is 48.3. The first-order valence-corrected chi connectivity index (χ1v) is 43.3. The molecule has 0 amide bonds. The van der Waals surface area contributed by atoms with Crippen LogP contribution in [0.15, 0.2) is 72.8 Å². The lowest BCUT2D eigenvalue weighted by molar-refractivity contribution is 0.436. The molecular weight excluding hydrogens is 1230 g/mol. The summed E-state index contributed by atoms with van der Waals surface area (Å²) in [6.45, 7) is 61.8. The van der Waals surface area contributed by atoms with E-state index in [1.807, 2.05) is 0 Å². The highest BCUT2D eigenvalue weighted by Crippen LogP contribution is 2.68. The Morgan fingerprint density at radius 3 is 0.569 bits per heavy atom. The van der Waals surface area contributed by atoms with Gasteiger partial charge in [-0.25, -0.2) is 0 Å². The number of unbranched alkanes of at least 4 members (excludes halogenated alkanes) is 16. The Balaban J connectivity index is 1.68. The van der Waals surface area contributed by atoms with Crippen molar-refractivity contribution in [2.75, 3.05) is 0 Å². The van der Waals surface area contributed by atoms with Gasteiger partial charge in [-0.3, -0.25) is 0 Å². The molecule has 560 valence electrons. The van der Waals surface area contributed by atoms with Gasteiger partial charge < -0.3 is 0 Å². The summed E-state index contributed by atoms with van der Waals surface area (Å²) in [5, 5.41) is 0. The largest absolute Gasteiger partial charge is 0.0654 e. The quantitative estimate of drug-likeness (QED) is 0.0336. The van der Waals surface area contributed by atoms with E-state index >= 15 is 0 Å². The third kappa shape index (κ3) is 17.2. The van der Waals surface area contributed by atoms with Crippen molar-refractivity contribution in [2.45, 2.75) is 428 Å². The molecule has 0 spiro atoms. The van der Waals surface area contributed by atoms with Crippen molar-refractivity contribution in [2.24, 2.45) is 0 Å². The van der Waals surface area contributed by atoms with E-state index < -0.39 is 0 Å². The lowest BCUT2D eigenvalue weighted by Crippen LogP contribution is -2.25. The third-order valence-corrected chi connectivity index (χ3v) is 26.9. The topological polar surface area (TPSA) is 0 Å². The van der Waals surface area contributed by atoms with Crippen molar-refractivity contribution < 1.29 is 0 Å². The Labute approximate surface area is 630 Å². The minimum Gasteiger partial charge on any atom is -0.0654 e. The average Bonchev–Trinajstić information content (AvgIpc) is 1.29. The zero-order valence-corrected chi connectivity index (χ0v) is 71.0. The fourth-order valence-corrected chi connectivity index (χ4v) is 19.5. The van der Waals surface area contributed by atoms with Gasteiger partial charge in [-0.1, -0.05) is 393 Å². The molecule has 3 aliphatic rings. The Morgan fingerprint density at radius 2 is 0.382 bits per heavy atom. The Bertz CT molecular complexity index is 3560. The molecule has 0 saturated heterocycles. The molecule has 0 aromatic heterocycles. The van der Waals surface area contributed by atoms with E-state index in [2.05, 4.69) is 239 Å². The average molecular weight is 1380 g/mol. The molecule has 9 rings (SSSR count). The molecule has 0 unspecified atom stereocenters. The summed E-state index contributed by atoms with van der Waals surface area (Å²) in [5.41, 5.74) is 37.1. The van der Waals surface area contributed by atoms with Gasteiger partial charge in [-0.2, -0.15) is 0 Å². The Morgan fingerprint density at radius 1 is 0.206 bits per heavy atom. The van der Waals surface area contributed by atoms with Crippen LogP contribution in [0.3, 0.4) is 0 Å². The lowest BCUT2D eigenvalue weighted by atomic mass is 9.62. The third-order valence-electron chi connectivity index (χ3n) is 26.9. The Hall–Kier alpha value is -4.68. The normalized spacial score (nSPS) is 13.9. The SMILES string of the molecule is CCCCCC(C)(C)c1cc2c(c(C(C)(C)CCCCC)c1)-c1c3c(c4c(c1-c1c(cc(C(C)(C)CCCCC)cc1C(C)(C)CCCCC)C2)-c1c(cc(C(C)(C)CCCCC)cc1C(C)(C)CCCCC)Cc1cc(C(C)(C)CCCCC)cc(C(C)(C)CCCCC)c1-4)-c1ccccc1-3. The molecule has 0 bridgehead atoms. The van der Waals surface area contributed by atoms with Gasteiger partial charge in [0.2, 0.25) is 0 Å². The van der Waals surface area contributed by atoms with Gasteiger partial charge in [0.25, 0.3) is 0 Å². The van der Waals surface area contributed by atoms with Crippen molar-refractivity contribution in [3.63, 3.8) is 0 Å². The summed E-state index contributed by atoms with van der Waals surface area (Å²) < 4.78 is 0. The summed E-state index contributed by atoms with van der Waals surface area (Å²) >= 11 is 0. The highest BCUT2D eigenvalue weighted by atomic mass is 14.5. The Kier molecular flexibility index (Phi) is 26.8. The van der Waals surface area contributed by atoms with Gasteiger partial charge in [0.1, 0.15) is 0 Å². The van der Waals surface area contributed by atoms with Crippen molar-refractivity contribution in [1.82, 2.24) is 0 Å². The van der Waals surface area contributed by atoms with E-state index in [9.17, 15) is 0 Å². The molecule has 0 nitrogen and oxygen atoms in total. The second-order valence-corrected chi connectivity index (χ2v) is 39.1. The first-order valence-electron chi connectivity index (χ1n) is 43.3. The highest BCUT2D eigenvalue weighted by molar-refractivity contribution is 6.24. The number of rotatable bonds is 40. The smallest absolute Gasteiger partial charge is 0.000719 e. The van der Waals surface area contributed by atoms with E-state index in [4.69, 9.17) is 0 Å². The minimum absolute atomic E-state index is 0.00404. The molecule has 0 radical (unpaired) electrons. The van der Waals surface area contributed by atoms with Crippen LogP contribution in [0.1, 0.15) is 438 Å². The highest BCUT2D eigenvalue weighted by Gasteiger charge is 2.47. The number of fused-ring (bicyclic) bond motifs is 17. The first kappa shape index (κ1) is 81.4. The van der Waals surface area contributed by atoms with E-state index in [0.29, 0.717) is 0 Å². The second-order valence-electron chi connectivity index (χ2n) is 39.1. The molecule has 0 fully saturated rings. The number of benzene rings is 6. The van der Waals surface area contributed by atoms with E-state index in [1.54, 1.807) is 122 Å². The fraction of sp³-hybridized carbons (Fsp3) is 0.647. The number of hydrogen-bond acceptors (Lipinski definition) is 0.